The van der Waals surface area contributed by atoms with E-state index in [9.17, 15) is 0 Å². The summed E-state index contributed by atoms with van der Waals surface area (Å²) in [6.07, 6.45) is 0.886. The van der Waals surface area contributed by atoms with Crippen molar-refractivity contribution >= 4 is 15.9 Å². The van der Waals surface area contributed by atoms with Gasteiger partial charge in [-0.3, -0.25) is 0 Å². The van der Waals surface area contributed by atoms with Crippen LogP contribution in [0.15, 0.2) is 22.7 Å². The van der Waals surface area contributed by atoms with Crippen LogP contribution in [0.2, 0.25) is 0 Å². The van der Waals surface area contributed by atoms with E-state index in [1.165, 1.54) is 5.56 Å². The molecule has 0 aliphatic rings. The van der Waals surface area contributed by atoms with Crippen molar-refractivity contribution in [1.82, 2.24) is 5.32 Å². The van der Waals surface area contributed by atoms with E-state index in [4.69, 9.17) is 0 Å². The summed E-state index contributed by atoms with van der Waals surface area (Å²) in [4.78, 5) is 0. The zero-order chi connectivity index (χ0) is 10.4. The van der Waals surface area contributed by atoms with Crippen LogP contribution in [0.25, 0.3) is 0 Å². The molecule has 1 aromatic carbocycles. The highest BCUT2D eigenvalue weighted by Crippen LogP contribution is 2.16. The van der Waals surface area contributed by atoms with Crippen LogP contribution in [0.3, 0.4) is 0 Å². The molecule has 1 N–H and O–H groups in total. The zero-order valence-electron chi connectivity index (χ0n) is 8.52. The topological polar surface area (TPSA) is 12.0 Å². The van der Waals surface area contributed by atoms with E-state index in [2.05, 4.69) is 52.1 Å². The first-order chi connectivity index (χ1) is 6.74. The monoisotopic (exact) mass is 251 g/mol. The van der Waals surface area contributed by atoms with Gasteiger partial charge in [0.05, 0.1) is 0 Å². The lowest BCUT2D eigenvalue weighted by atomic mass is 10.1. The van der Waals surface area contributed by atoms with E-state index < -0.39 is 0 Å². The van der Waals surface area contributed by atoms with E-state index in [1.54, 1.807) is 0 Å². The molecular formula is C12H14BrN. The SMILES string of the molecule is CNCCC#Cc1cc(C)ccc1Br. The van der Waals surface area contributed by atoms with Gasteiger partial charge in [-0.15, -0.1) is 0 Å². The van der Waals surface area contributed by atoms with Crippen molar-refractivity contribution in [2.45, 2.75) is 13.3 Å². The first-order valence-electron chi connectivity index (χ1n) is 4.63. The molecule has 0 amide bonds. The van der Waals surface area contributed by atoms with Crippen molar-refractivity contribution in [2.75, 3.05) is 13.6 Å². The van der Waals surface area contributed by atoms with Crippen LogP contribution in [0.1, 0.15) is 17.5 Å². The van der Waals surface area contributed by atoms with Gasteiger partial charge in [-0.25, -0.2) is 0 Å². The maximum absolute atomic E-state index is 3.48. The van der Waals surface area contributed by atoms with Gasteiger partial charge in [0.25, 0.3) is 0 Å². The maximum atomic E-state index is 3.48. The van der Waals surface area contributed by atoms with Crippen molar-refractivity contribution < 1.29 is 0 Å². The summed E-state index contributed by atoms with van der Waals surface area (Å²) in [5.41, 5.74) is 2.31. The summed E-state index contributed by atoms with van der Waals surface area (Å²) >= 11 is 3.48. The van der Waals surface area contributed by atoms with E-state index >= 15 is 0 Å². The second-order valence-electron chi connectivity index (χ2n) is 3.14. The molecule has 0 unspecified atom stereocenters. The summed E-state index contributed by atoms with van der Waals surface area (Å²) in [5, 5.41) is 3.07. The fraction of sp³-hybridized carbons (Fsp3) is 0.333. The third kappa shape index (κ3) is 3.53. The molecule has 0 heterocycles. The summed E-state index contributed by atoms with van der Waals surface area (Å²) in [5.74, 6) is 6.28. The van der Waals surface area contributed by atoms with Gasteiger partial charge in [-0.2, -0.15) is 0 Å². The molecular weight excluding hydrogens is 238 g/mol. The largest absolute Gasteiger partial charge is 0.319 e. The third-order valence-corrected chi connectivity index (χ3v) is 2.54. The molecule has 0 saturated heterocycles. The highest BCUT2D eigenvalue weighted by molar-refractivity contribution is 9.10. The fourth-order valence-corrected chi connectivity index (χ4v) is 1.43. The molecule has 0 aliphatic heterocycles. The van der Waals surface area contributed by atoms with Crippen LogP contribution in [-0.2, 0) is 0 Å². The maximum Gasteiger partial charge on any atom is 0.0390 e. The lowest BCUT2D eigenvalue weighted by Gasteiger charge is -1.97. The van der Waals surface area contributed by atoms with Crippen molar-refractivity contribution in [3.63, 3.8) is 0 Å². The molecule has 2 heteroatoms. The number of nitrogens with one attached hydrogen (secondary N) is 1. The molecule has 1 rings (SSSR count). The molecule has 0 radical (unpaired) electrons. The number of hydrogen-bond donors (Lipinski definition) is 1. The molecule has 0 saturated carbocycles. The van der Waals surface area contributed by atoms with Crippen molar-refractivity contribution in [3.05, 3.63) is 33.8 Å². The molecule has 0 fully saturated rings. The Balaban J connectivity index is 2.73. The lowest BCUT2D eigenvalue weighted by Crippen LogP contribution is -2.05. The highest BCUT2D eigenvalue weighted by atomic mass is 79.9. The molecule has 0 aliphatic carbocycles. The molecule has 14 heavy (non-hydrogen) atoms. The highest BCUT2D eigenvalue weighted by Gasteiger charge is 1.94. The normalized spacial score (nSPS) is 9.36. The zero-order valence-corrected chi connectivity index (χ0v) is 10.1. The van der Waals surface area contributed by atoms with E-state index in [0.29, 0.717) is 0 Å². The average Bonchev–Trinajstić information content (AvgIpc) is 2.18. The van der Waals surface area contributed by atoms with Crippen LogP contribution in [-0.4, -0.2) is 13.6 Å². The van der Waals surface area contributed by atoms with E-state index in [0.717, 1.165) is 23.0 Å². The van der Waals surface area contributed by atoms with Gasteiger partial charge in [0, 0.05) is 23.0 Å². The Kier molecular flexibility index (Phi) is 4.72. The summed E-state index contributed by atoms with van der Waals surface area (Å²) in [7, 11) is 1.93. The number of benzene rings is 1. The summed E-state index contributed by atoms with van der Waals surface area (Å²) < 4.78 is 1.07. The minimum atomic E-state index is 0.886. The molecule has 0 bridgehead atoms. The Morgan fingerprint density at radius 2 is 2.21 bits per heavy atom. The number of aryl methyl sites for hydroxylation is 1. The minimum Gasteiger partial charge on any atom is -0.319 e. The predicted octanol–water partition coefficient (Wildman–Crippen LogP) is 2.72. The Labute approximate surface area is 94.0 Å². The van der Waals surface area contributed by atoms with Gasteiger partial charge >= 0.3 is 0 Å². The second-order valence-corrected chi connectivity index (χ2v) is 3.99. The number of hydrogen-bond acceptors (Lipinski definition) is 1. The Morgan fingerprint density at radius 1 is 1.43 bits per heavy atom. The standard InChI is InChI=1S/C12H14BrN/c1-10-6-7-12(13)11(9-10)5-3-4-8-14-2/h6-7,9,14H,4,8H2,1-2H3. The fourth-order valence-electron chi connectivity index (χ4n) is 1.08. The Morgan fingerprint density at radius 3 is 2.93 bits per heavy atom. The predicted molar refractivity (Wildman–Crippen MR) is 64.3 cm³/mol. The van der Waals surface area contributed by atoms with Gasteiger partial charge in [0.2, 0.25) is 0 Å². The third-order valence-electron chi connectivity index (χ3n) is 1.84. The van der Waals surface area contributed by atoms with Crippen LogP contribution in [0.5, 0.6) is 0 Å². The second kappa shape index (κ2) is 5.85. The smallest absolute Gasteiger partial charge is 0.0390 e. The lowest BCUT2D eigenvalue weighted by molar-refractivity contribution is 0.818. The van der Waals surface area contributed by atoms with E-state index in [-0.39, 0.29) is 0 Å². The van der Waals surface area contributed by atoms with Crippen LogP contribution in [0, 0.1) is 18.8 Å². The molecule has 0 atom stereocenters. The van der Waals surface area contributed by atoms with Gasteiger partial charge < -0.3 is 5.32 Å². The average molecular weight is 252 g/mol. The van der Waals surface area contributed by atoms with Gasteiger partial charge in [0.15, 0.2) is 0 Å². The summed E-state index contributed by atoms with van der Waals surface area (Å²) in [6, 6.07) is 6.21. The van der Waals surface area contributed by atoms with Gasteiger partial charge in [-0.05, 0) is 47.6 Å². The number of rotatable bonds is 2. The first kappa shape index (κ1) is 11.3. The quantitative estimate of drug-likeness (QED) is 0.630. The molecule has 0 spiro atoms. The Hall–Kier alpha value is -0.780. The minimum absolute atomic E-state index is 0.886. The van der Waals surface area contributed by atoms with Crippen molar-refractivity contribution in [2.24, 2.45) is 0 Å². The van der Waals surface area contributed by atoms with Crippen molar-refractivity contribution in [3.8, 4) is 11.8 Å². The molecule has 0 aromatic heterocycles. The van der Waals surface area contributed by atoms with Crippen LogP contribution < -0.4 is 5.32 Å². The van der Waals surface area contributed by atoms with Crippen molar-refractivity contribution in [1.29, 1.82) is 0 Å². The van der Waals surface area contributed by atoms with Crippen LogP contribution in [0.4, 0.5) is 0 Å². The molecule has 74 valence electrons. The van der Waals surface area contributed by atoms with Gasteiger partial charge in [0.1, 0.15) is 0 Å². The van der Waals surface area contributed by atoms with Gasteiger partial charge in [-0.1, -0.05) is 17.9 Å². The molecule has 1 aromatic rings. The first-order valence-corrected chi connectivity index (χ1v) is 5.43. The van der Waals surface area contributed by atoms with Crippen LogP contribution >= 0.6 is 15.9 Å². The summed E-state index contributed by atoms with van der Waals surface area (Å²) in [6.45, 7) is 3.02. The van der Waals surface area contributed by atoms with E-state index in [1.807, 2.05) is 13.1 Å². The molecule has 1 nitrogen and oxygen atoms in total. The number of halogens is 1. The Bertz CT molecular complexity index is 360.